The van der Waals surface area contributed by atoms with Gasteiger partial charge in [-0.15, -0.1) is 0 Å². The number of aliphatic hydroxyl groups excluding tert-OH is 1. The zero-order valence-electron chi connectivity index (χ0n) is 26.9. The van der Waals surface area contributed by atoms with Crippen molar-refractivity contribution >= 4 is 23.6 Å². The molecular weight excluding hydrogens is 584 g/mol. The Morgan fingerprint density at radius 2 is 1.84 bits per heavy atom. The number of carboxylic acids is 1. The van der Waals surface area contributed by atoms with Gasteiger partial charge in [0.15, 0.2) is 22.8 Å². The molecule has 4 bridgehead atoms. The molecule has 0 amide bonds. The van der Waals surface area contributed by atoms with Gasteiger partial charge in [0, 0.05) is 42.9 Å². The summed E-state index contributed by atoms with van der Waals surface area (Å²) >= 11 is 0. The zero-order chi connectivity index (χ0) is 33.2. The summed E-state index contributed by atoms with van der Waals surface area (Å²) in [6.07, 6.45) is 2.53. The normalized spacial score (nSPS) is 34.4. The summed E-state index contributed by atoms with van der Waals surface area (Å²) in [7, 11) is 1.43. The van der Waals surface area contributed by atoms with Gasteiger partial charge in [-0.1, -0.05) is 6.08 Å². The Morgan fingerprint density at radius 3 is 2.44 bits per heavy atom. The van der Waals surface area contributed by atoms with Gasteiger partial charge in [-0.25, -0.2) is 4.79 Å². The van der Waals surface area contributed by atoms with E-state index >= 15 is 0 Å². The van der Waals surface area contributed by atoms with Crippen LogP contribution in [0, 0.1) is 17.8 Å². The average molecular weight is 627 g/mol. The van der Waals surface area contributed by atoms with E-state index in [4.69, 9.17) is 18.9 Å². The molecular formula is C34H42O11. The number of carboxylic acid groups (broad SMARTS) is 1. The number of Topliss-reactive ketones (excluding diaryl/α,β-unsaturated/α-hetero) is 2. The largest absolute Gasteiger partial charge is 0.506 e. The van der Waals surface area contributed by atoms with Crippen LogP contribution in [0.4, 0.5) is 0 Å². The summed E-state index contributed by atoms with van der Waals surface area (Å²) in [5, 5.41) is 43.2. The van der Waals surface area contributed by atoms with Gasteiger partial charge in [-0.05, 0) is 67.0 Å². The fraction of sp³-hybridized carbons (Fsp3) is 0.618. The molecule has 11 heteroatoms. The number of methoxy groups -OCH3 is 1. The maximum atomic E-state index is 14.9. The third-order valence-corrected chi connectivity index (χ3v) is 10.7. The smallest absolute Gasteiger partial charge is 0.330 e. The predicted molar refractivity (Wildman–Crippen MR) is 160 cm³/mol. The second kappa shape index (κ2) is 9.63. The summed E-state index contributed by atoms with van der Waals surface area (Å²) in [6.45, 7) is 11.6. The maximum absolute atomic E-state index is 14.9. The van der Waals surface area contributed by atoms with E-state index in [0.717, 1.165) is 0 Å². The standard InChI is InChI=1S/C34H42O11/c1-15(29(39)40)9-12-33-28(38)18-13-19(32(6,7)45-33)34(33)22(27(18)42-8)24(37)21-23(36)16-10-11-30(2,3)43-25(16)17(26(21)44-34)14-20(35)31(4,5)41/h9-11,18-20,22,27,35-36,41H,12-14H2,1-8H3,(H,39,40)/b15-9-/t18-,19-,20?,22?,27?,33-,34-/m0/s1. The minimum atomic E-state index is -1.76. The average Bonchev–Trinajstić information content (AvgIpc) is 3.08. The molecule has 6 aliphatic rings. The molecule has 11 nitrogen and oxygen atoms in total. The van der Waals surface area contributed by atoms with Crippen LogP contribution < -0.4 is 9.47 Å². The molecule has 1 aromatic carbocycles. The van der Waals surface area contributed by atoms with E-state index in [1.165, 1.54) is 34.0 Å². The predicted octanol–water partition coefficient (Wildman–Crippen LogP) is 3.38. The SMILES string of the molecule is COC1C2C(=O)c3c(O)c4c(c(CC(O)C(C)(C)O)c3O[C@@]23[C@H]2C[C@@H]1C(=O)[C@]3(C/C=C(/C)C(=O)O)OC2(C)C)OC(C)(C)C=C4. The van der Waals surface area contributed by atoms with Crippen LogP contribution in [0.2, 0.25) is 0 Å². The van der Waals surface area contributed by atoms with Crippen molar-refractivity contribution in [3.8, 4) is 17.2 Å². The van der Waals surface area contributed by atoms with Gasteiger partial charge >= 0.3 is 5.97 Å². The number of fused-ring (bicyclic) bond motifs is 2. The topological polar surface area (TPSA) is 169 Å². The second-order valence-electron chi connectivity index (χ2n) is 14.8. The van der Waals surface area contributed by atoms with Crippen LogP contribution in [0.25, 0.3) is 6.08 Å². The lowest BCUT2D eigenvalue weighted by Crippen LogP contribution is -2.80. The molecule has 7 atom stereocenters. The van der Waals surface area contributed by atoms with Crippen LogP contribution in [0.3, 0.4) is 0 Å². The van der Waals surface area contributed by atoms with Gasteiger partial charge in [0.05, 0.1) is 34.9 Å². The number of benzene rings is 1. The highest BCUT2D eigenvalue weighted by molar-refractivity contribution is 6.10. The van der Waals surface area contributed by atoms with Gasteiger partial charge in [0.1, 0.15) is 28.4 Å². The van der Waals surface area contributed by atoms with Crippen molar-refractivity contribution < 1.29 is 53.8 Å². The molecule has 1 spiro atoms. The fourth-order valence-electron chi connectivity index (χ4n) is 8.45. The minimum Gasteiger partial charge on any atom is -0.506 e. The Morgan fingerprint density at radius 1 is 1.18 bits per heavy atom. The van der Waals surface area contributed by atoms with E-state index in [0.29, 0.717) is 6.42 Å². The first-order valence-electron chi connectivity index (χ1n) is 15.3. The van der Waals surface area contributed by atoms with Gasteiger partial charge in [0.2, 0.25) is 0 Å². The molecule has 7 rings (SSSR count). The number of phenolic OH excluding ortho intramolecular Hbond substituents is 1. The molecule has 3 aliphatic heterocycles. The maximum Gasteiger partial charge on any atom is 0.330 e. The molecule has 4 N–H and O–H groups in total. The quantitative estimate of drug-likeness (QED) is 0.327. The van der Waals surface area contributed by atoms with E-state index in [-0.39, 0.29) is 58.1 Å². The lowest BCUT2D eigenvalue weighted by Gasteiger charge is -2.62. The van der Waals surface area contributed by atoms with E-state index < -0.39 is 69.7 Å². The number of hydrogen-bond donors (Lipinski definition) is 4. The molecule has 1 aromatic rings. The molecule has 3 aliphatic carbocycles. The highest BCUT2D eigenvalue weighted by Crippen LogP contribution is 2.70. The van der Waals surface area contributed by atoms with Crippen LogP contribution in [0.15, 0.2) is 17.7 Å². The first kappa shape index (κ1) is 31.7. The number of ketones is 2. The molecule has 0 radical (unpaired) electrons. The molecule has 1 saturated heterocycles. The van der Waals surface area contributed by atoms with Crippen molar-refractivity contribution in [1.82, 2.24) is 0 Å². The number of carbonyl (C=O) groups excluding carboxylic acids is 2. The fourth-order valence-corrected chi connectivity index (χ4v) is 8.45. The number of aliphatic carboxylic acids is 1. The number of aliphatic hydroxyl groups is 2. The monoisotopic (exact) mass is 626 g/mol. The number of ether oxygens (including phenoxy) is 4. The van der Waals surface area contributed by atoms with Gasteiger partial charge in [0.25, 0.3) is 0 Å². The van der Waals surface area contributed by atoms with Crippen LogP contribution in [0.5, 0.6) is 17.2 Å². The molecule has 4 fully saturated rings. The minimum absolute atomic E-state index is 0.00498. The van der Waals surface area contributed by atoms with Crippen LogP contribution >= 0.6 is 0 Å². The van der Waals surface area contributed by atoms with Crippen molar-refractivity contribution in [3.05, 3.63) is 34.4 Å². The summed E-state index contributed by atoms with van der Waals surface area (Å²) in [5.74, 6) is -4.56. The highest BCUT2D eigenvalue weighted by Gasteiger charge is 2.85. The number of carbonyl (C=O) groups is 3. The first-order chi connectivity index (χ1) is 20.7. The van der Waals surface area contributed by atoms with Crippen molar-refractivity contribution in [2.45, 2.75) is 108 Å². The highest BCUT2D eigenvalue weighted by atomic mass is 16.6. The van der Waals surface area contributed by atoms with Crippen molar-refractivity contribution in [1.29, 1.82) is 0 Å². The molecule has 45 heavy (non-hydrogen) atoms. The number of phenols is 1. The van der Waals surface area contributed by atoms with Crippen molar-refractivity contribution in [2.75, 3.05) is 7.11 Å². The third-order valence-electron chi connectivity index (χ3n) is 10.7. The van der Waals surface area contributed by atoms with Gasteiger partial charge < -0.3 is 39.4 Å². The Labute approximate surface area is 261 Å². The van der Waals surface area contributed by atoms with E-state index in [1.54, 1.807) is 12.2 Å². The summed E-state index contributed by atoms with van der Waals surface area (Å²) < 4.78 is 26.0. The number of rotatable bonds is 7. The van der Waals surface area contributed by atoms with Crippen molar-refractivity contribution in [2.24, 2.45) is 17.8 Å². The summed E-state index contributed by atoms with van der Waals surface area (Å²) in [6, 6.07) is 0. The van der Waals surface area contributed by atoms with Crippen LogP contribution in [-0.2, 0) is 25.5 Å². The van der Waals surface area contributed by atoms with E-state index in [9.17, 15) is 34.8 Å². The zero-order valence-corrected chi connectivity index (χ0v) is 26.9. The lowest BCUT2D eigenvalue weighted by molar-refractivity contribution is -0.224. The molecule has 0 aromatic heterocycles. The van der Waals surface area contributed by atoms with Crippen molar-refractivity contribution in [3.63, 3.8) is 0 Å². The van der Waals surface area contributed by atoms with E-state index in [1.807, 2.05) is 27.7 Å². The lowest BCUT2D eigenvalue weighted by atomic mass is 9.45. The Bertz CT molecular complexity index is 1580. The Kier molecular flexibility index (Phi) is 6.79. The van der Waals surface area contributed by atoms with Crippen LogP contribution in [0.1, 0.15) is 82.8 Å². The van der Waals surface area contributed by atoms with E-state index in [2.05, 4.69) is 0 Å². The van der Waals surface area contributed by atoms with Gasteiger partial charge in [-0.3, -0.25) is 9.59 Å². The Hall–Kier alpha value is -3.25. The first-order valence-corrected chi connectivity index (χ1v) is 15.3. The summed E-state index contributed by atoms with van der Waals surface area (Å²) in [5.41, 5.74) is -6.40. The molecule has 3 unspecified atom stereocenters. The summed E-state index contributed by atoms with van der Waals surface area (Å²) in [4.78, 5) is 41.3. The third kappa shape index (κ3) is 4.13. The second-order valence-corrected chi connectivity index (χ2v) is 14.8. The van der Waals surface area contributed by atoms with Crippen LogP contribution in [-0.4, -0.2) is 85.3 Å². The number of aromatic hydroxyl groups is 1. The molecule has 244 valence electrons. The number of hydrogen-bond acceptors (Lipinski definition) is 10. The Balaban J connectivity index is 1.67. The molecule has 3 saturated carbocycles. The molecule has 3 heterocycles. The van der Waals surface area contributed by atoms with Gasteiger partial charge in [-0.2, -0.15) is 0 Å².